The summed E-state index contributed by atoms with van der Waals surface area (Å²) < 4.78 is 5.51. The minimum Gasteiger partial charge on any atom is -0.496 e. The summed E-state index contributed by atoms with van der Waals surface area (Å²) >= 11 is 0. The van der Waals surface area contributed by atoms with Crippen molar-refractivity contribution in [3.8, 4) is 5.75 Å². The molecule has 0 saturated carbocycles. The van der Waals surface area contributed by atoms with Crippen LogP contribution in [0.2, 0.25) is 0 Å². The summed E-state index contributed by atoms with van der Waals surface area (Å²) in [6.07, 6.45) is 0. The number of nitrogens with one attached hydrogen (secondary N) is 1. The van der Waals surface area contributed by atoms with Crippen molar-refractivity contribution >= 4 is 18.3 Å². The molecule has 0 aliphatic carbocycles. The molecule has 2 aromatic carbocycles. The summed E-state index contributed by atoms with van der Waals surface area (Å²) in [5.74, 6) is 0.912. The van der Waals surface area contributed by atoms with Gasteiger partial charge in [0.2, 0.25) is 0 Å². The van der Waals surface area contributed by atoms with E-state index < -0.39 is 0 Å². The van der Waals surface area contributed by atoms with Gasteiger partial charge >= 0.3 is 0 Å². The predicted octanol–water partition coefficient (Wildman–Crippen LogP) is 3.52. The molecule has 1 aliphatic heterocycles. The molecule has 1 amide bonds. The van der Waals surface area contributed by atoms with E-state index in [4.69, 9.17) is 4.74 Å². The van der Waals surface area contributed by atoms with Crippen LogP contribution in [-0.4, -0.2) is 37.6 Å². The zero-order chi connectivity index (χ0) is 17.1. The minimum absolute atomic E-state index is 0. The maximum Gasteiger partial charge on any atom is 0.254 e. The summed E-state index contributed by atoms with van der Waals surface area (Å²) in [6, 6.07) is 13.9. The molecule has 25 heavy (non-hydrogen) atoms. The first-order valence-electron chi connectivity index (χ1n) is 8.33. The van der Waals surface area contributed by atoms with E-state index in [9.17, 15) is 4.79 Å². The summed E-state index contributed by atoms with van der Waals surface area (Å²) in [5, 5.41) is 3.40. The molecule has 0 spiro atoms. The second-order valence-corrected chi connectivity index (χ2v) is 6.28. The van der Waals surface area contributed by atoms with Crippen molar-refractivity contribution in [1.82, 2.24) is 10.2 Å². The Morgan fingerprint density at radius 1 is 1.20 bits per heavy atom. The highest BCUT2D eigenvalue weighted by Gasteiger charge is 2.30. The van der Waals surface area contributed by atoms with Crippen molar-refractivity contribution in [1.29, 1.82) is 0 Å². The van der Waals surface area contributed by atoms with Gasteiger partial charge in [-0.1, -0.05) is 35.9 Å². The Morgan fingerprint density at radius 3 is 2.68 bits per heavy atom. The Balaban J connectivity index is 0.00000225. The van der Waals surface area contributed by atoms with E-state index in [1.54, 1.807) is 7.11 Å². The van der Waals surface area contributed by atoms with Gasteiger partial charge in [-0.3, -0.25) is 4.79 Å². The lowest BCUT2D eigenvalue weighted by atomic mass is 9.99. The van der Waals surface area contributed by atoms with Gasteiger partial charge in [0.25, 0.3) is 5.91 Å². The number of benzene rings is 2. The van der Waals surface area contributed by atoms with Crippen molar-refractivity contribution in [2.24, 2.45) is 0 Å². The molecule has 1 fully saturated rings. The number of hydrogen-bond donors (Lipinski definition) is 1. The monoisotopic (exact) mass is 360 g/mol. The normalized spacial score (nSPS) is 16.9. The molecule has 5 heteroatoms. The summed E-state index contributed by atoms with van der Waals surface area (Å²) in [5.41, 5.74) is 4.02. The summed E-state index contributed by atoms with van der Waals surface area (Å²) in [4.78, 5) is 15.1. The maximum absolute atomic E-state index is 13.2. The zero-order valence-corrected chi connectivity index (χ0v) is 15.7. The van der Waals surface area contributed by atoms with Gasteiger partial charge < -0.3 is 15.0 Å². The molecule has 1 aliphatic rings. The Morgan fingerprint density at radius 2 is 1.96 bits per heavy atom. The van der Waals surface area contributed by atoms with Crippen LogP contribution >= 0.6 is 12.4 Å². The quantitative estimate of drug-likeness (QED) is 0.910. The van der Waals surface area contributed by atoms with Crippen LogP contribution in [0.15, 0.2) is 42.5 Å². The third-order valence-corrected chi connectivity index (χ3v) is 4.61. The van der Waals surface area contributed by atoms with Crippen molar-refractivity contribution < 1.29 is 9.53 Å². The van der Waals surface area contributed by atoms with E-state index in [0.29, 0.717) is 6.54 Å². The number of carbonyl (C=O) groups is 1. The first kappa shape index (κ1) is 19.3. The summed E-state index contributed by atoms with van der Waals surface area (Å²) in [7, 11) is 1.67. The Hall–Kier alpha value is -2.04. The van der Waals surface area contributed by atoms with Gasteiger partial charge in [0.15, 0.2) is 0 Å². The van der Waals surface area contributed by atoms with Gasteiger partial charge in [0.1, 0.15) is 5.75 Å². The fourth-order valence-electron chi connectivity index (χ4n) is 3.38. The van der Waals surface area contributed by atoms with Crippen molar-refractivity contribution in [2.75, 3.05) is 26.7 Å². The molecule has 4 nitrogen and oxygen atoms in total. The highest BCUT2D eigenvalue weighted by atomic mass is 35.5. The van der Waals surface area contributed by atoms with Crippen LogP contribution in [0.1, 0.15) is 33.1 Å². The van der Waals surface area contributed by atoms with Gasteiger partial charge in [0.05, 0.1) is 13.2 Å². The maximum atomic E-state index is 13.2. The number of rotatable bonds is 3. The molecule has 0 radical (unpaired) electrons. The van der Waals surface area contributed by atoms with Crippen LogP contribution in [0.3, 0.4) is 0 Å². The van der Waals surface area contributed by atoms with Gasteiger partial charge in [0, 0.05) is 30.8 Å². The molecule has 134 valence electrons. The standard InChI is InChI=1S/C20H24N2O2.ClH/c1-14-8-9-16(15(2)12-14)20(23)22-11-10-21-13-18(22)17-6-4-5-7-19(17)24-3;/h4-9,12,18,21H,10-11,13H2,1-3H3;1H. The zero-order valence-electron chi connectivity index (χ0n) is 14.9. The van der Waals surface area contributed by atoms with Gasteiger partial charge in [-0.15, -0.1) is 12.4 Å². The van der Waals surface area contributed by atoms with Crippen LogP contribution in [0.25, 0.3) is 0 Å². The minimum atomic E-state index is -0.0249. The van der Waals surface area contributed by atoms with E-state index in [-0.39, 0.29) is 24.4 Å². The van der Waals surface area contributed by atoms with Gasteiger partial charge in [-0.05, 0) is 31.5 Å². The molecule has 0 bridgehead atoms. The molecule has 1 atom stereocenters. The summed E-state index contributed by atoms with van der Waals surface area (Å²) in [6.45, 7) is 6.28. The molecule has 3 rings (SSSR count). The van der Waals surface area contributed by atoms with E-state index in [1.807, 2.05) is 55.1 Å². The Kier molecular flexibility index (Phi) is 6.45. The van der Waals surface area contributed by atoms with Crippen LogP contribution in [0.5, 0.6) is 5.75 Å². The smallest absolute Gasteiger partial charge is 0.254 e. The van der Waals surface area contributed by atoms with E-state index in [2.05, 4.69) is 11.4 Å². The first-order chi connectivity index (χ1) is 11.6. The molecule has 1 N–H and O–H groups in total. The molecule has 1 saturated heterocycles. The van der Waals surface area contributed by atoms with Crippen LogP contribution < -0.4 is 10.1 Å². The SMILES string of the molecule is COc1ccccc1C1CNCCN1C(=O)c1ccc(C)cc1C.Cl. The number of halogens is 1. The number of methoxy groups -OCH3 is 1. The van der Waals surface area contributed by atoms with Crippen molar-refractivity contribution in [2.45, 2.75) is 19.9 Å². The second-order valence-electron chi connectivity index (χ2n) is 6.28. The van der Waals surface area contributed by atoms with E-state index in [0.717, 1.165) is 35.5 Å². The second kappa shape index (κ2) is 8.37. The molecule has 1 heterocycles. The van der Waals surface area contributed by atoms with Crippen LogP contribution in [0, 0.1) is 13.8 Å². The highest BCUT2D eigenvalue weighted by molar-refractivity contribution is 5.96. The van der Waals surface area contributed by atoms with Crippen molar-refractivity contribution in [3.05, 3.63) is 64.7 Å². The Labute approximate surface area is 155 Å². The van der Waals surface area contributed by atoms with Gasteiger partial charge in [-0.25, -0.2) is 0 Å². The Bertz CT molecular complexity index is 748. The fraction of sp³-hybridized carbons (Fsp3) is 0.350. The number of amides is 1. The number of piperazine rings is 1. The lowest BCUT2D eigenvalue weighted by Crippen LogP contribution is -2.48. The van der Waals surface area contributed by atoms with Crippen LogP contribution in [0.4, 0.5) is 0 Å². The number of para-hydroxylation sites is 1. The third kappa shape index (κ3) is 3.97. The fourth-order valence-corrected chi connectivity index (χ4v) is 3.38. The number of carbonyl (C=O) groups excluding carboxylic acids is 1. The lowest BCUT2D eigenvalue weighted by molar-refractivity contribution is 0.0631. The van der Waals surface area contributed by atoms with E-state index in [1.165, 1.54) is 5.56 Å². The largest absolute Gasteiger partial charge is 0.496 e. The molecular weight excluding hydrogens is 336 g/mol. The topological polar surface area (TPSA) is 41.6 Å². The number of ether oxygens (including phenoxy) is 1. The predicted molar refractivity (Wildman–Crippen MR) is 103 cm³/mol. The number of nitrogens with zero attached hydrogens (tertiary/aromatic N) is 1. The number of hydrogen-bond acceptors (Lipinski definition) is 3. The highest BCUT2D eigenvalue weighted by Crippen LogP contribution is 2.31. The average molecular weight is 361 g/mol. The molecule has 1 unspecified atom stereocenters. The molecule has 2 aromatic rings. The van der Waals surface area contributed by atoms with Crippen LogP contribution in [-0.2, 0) is 0 Å². The number of aryl methyl sites for hydroxylation is 2. The van der Waals surface area contributed by atoms with Crippen molar-refractivity contribution in [3.63, 3.8) is 0 Å². The van der Waals surface area contributed by atoms with E-state index >= 15 is 0 Å². The molecular formula is C20H25ClN2O2. The van der Waals surface area contributed by atoms with Gasteiger partial charge in [-0.2, -0.15) is 0 Å². The molecule has 0 aromatic heterocycles. The average Bonchev–Trinajstić information content (AvgIpc) is 2.61. The third-order valence-electron chi connectivity index (χ3n) is 4.61. The lowest BCUT2D eigenvalue weighted by Gasteiger charge is -2.37. The first-order valence-corrected chi connectivity index (χ1v) is 8.33.